The number of rotatable bonds is 5. The van der Waals surface area contributed by atoms with Crippen LogP contribution in [0.3, 0.4) is 0 Å². The number of carbonyl (C=O) groups excluding carboxylic acids is 1. The van der Waals surface area contributed by atoms with Crippen LogP contribution in [-0.4, -0.2) is 17.4 Å². The number of thiazole rings is 1. The number of amides is 1. The molecule has 2 aromatic rings. The first-order valence-electron chi connectivity index (χ1n) is 8.27. The molecule has 1 N–H and O–H groups in total. The first-order valence-corrected chi connectivity index (χ1v) is 9.09. The highest BCUT2D eigenvalue weighted by Crippen LogP contribution is 2.31. The van der Waals surface area contributed by atoms with Crippen LogP contribution in [0.25, 0.3) is 10.2 Å². The summed E-state index contributed by atoms with van der Waals surface area (Å²) in [5.41, 5.74) is 2.43. The molecule has 3 nitrogen and oxygen atoms in total. The summed E-state index contributed by atoms with van der Waals surface area (Å²) in [6.45, 7) is 5.02. The third kappa shape index (κ3) is 3.49. The van der Waals surface area contributed by atoms with E-state index in [0.29, 0.717) is 5.92 Å². The molecule has 1 aromatic carbocycles. The lowest BCUT2D eigenvalue weighted by Gasteiger charge is -2.15. The van der Waals surface area contributed by atoms with E-state index in [1.807, 2.05) is 6.92 Å². The predicted molar refractivity (Wildman–Crippen MR) is 92.2 cm³/mol. The first-order chi connectivity index (χ1) is 10.6. The number of hydrogen-bond donors (Lipinski definition) is 1. The molecule has 0 radical (unpaired) electrons. The van der Waals surface area contributed by atoms with Crippen molar-refractivity contribution in [1.29, 1.82) is 0 Å². The van der Waals surface area contributed by atoms with Crippen molar-refractivity contribution in [3.05, 3.63) is 28.8 Å². The van der Waals surface area contributed by atoms with Crippen LogP contribution in [0.15, 0.2) is 18.2 Å². The SMILES string of the molecule is Cc1nc2ccc(CCCNC(=O)C3CCCC3C)cc2s1. The molecule has 1 fully saturated rings. The van der Waals surface area contributed by atoms with E-state index in [4.69, 9.17) is 0 Å². The Hall–Kier alpha value is -1.42. The van der Waals surface area contributed by atoms with E-state index < -0.39 is 0 Å². The molecular weight excluding hydrogens is 292 g/mol. The van der Waals surface area contributed by atoms with Crippen molar-refractivity contribution in [2.24, 2.45) is 11.8 Å². The van der Waals surface area contributed by atoms with Gasteiger partial charge < -0.3 is 5.32 Å². The molecule has 2 unspecified atom stereocenters. The highest BCUT2D eigenvalue weighted by atomic mass is 32.1. The molecule has 1 aliphatic carbocycles. The zero-order valence-corrected chi connectivity index (χ0v) is 14.2. The molecule has 0 spiro atoms. The van der Waals surface area contributed by atoms with Crippen molar-refractivity contribution in [2.45, 2.75) is 46.0 Å². The molecule has 0 saturated heterocycles. The Morgan fingerprint density at radius 3 is 3.05 bits per heavy atom. The summed E-state index contributed by atoms with van der Waals surface area (Å²) in [7, 11) is 0. The molecule has 1 amide bonds. The molecule has 1 aliphatic rings. The Balaban J connectivity index is 1.46. The third-order valence-corrected chi connectivity index (χ3v) is 5.63. The van der Waals surface area contributed by atoms with Crippen LogP contribution in [-0.2, 0) is 11.2 Å². The summed E-state index contributed by atoms with van der Waals surface area (Å²) in [5, 5.41) is 4.23. The molecule has 118 valence electrons. The van der Waals surface area contributed by atoms with Crippen LogP contribution in [0.2, 0.25) is 0 Å². The summed E-state index contributed by atoms with van der Waals surface area (Å²) in [6, 6.07) is 6.50. The van der Waals surface area contributed by atoms with Gasteiger partial charge in [-0.15, -0.1) is 11.3 Å². The minimum absolute atomic E-state index is 0.247. The molecule has 2 atom stereocenters. The smallest absolute Gasteiger partial charge is 0.223 e. The van der Waals surface area contributed by atoms with Crippen LogP contribution in [0.1, 0.15) is 43.2 Å². The highest BCUT2D eigenvalue weighted by Gasteiger charge is 2.29. The van der Waals surface area contributed by atoms with Crippen LogP contribution in [0, 0.1) is 18.8 Å². The van der Waals surface area contributed by atoms with Crippen molar-refractivity contribution in [2.75, 3.05) is 6.54 Å². The lowest BCUT2D eigenvalue weighted by Crippen LogP contribution is -2.32. The van der Waals surface area contributed by atoms with Gasteiger partial charge in [-0.2, -0.15) is 0 Å². The first kappa shape index (κ1) is 15.5. The number of benzene rings is 1. The van der Waals surface area contributed by atoms with Crippen LogP contribution in [0.5, 0.6) is 0 Å². The van der Waals surface area contributed by atoms with E-state index in [2.05, 4.69) is 35.4 Å². The van der Waals surface area contributed by atoms with Gasteiger partial charge in [0, 0.05) is 12.5 Å². The predicted octanol–water partition coefficient (Wildman–Crippen LogP) is 4.09. The Morgan fingerprint density at radius 2 is 2.27 bits per heavy atom. The zero-order valence-electron chi connectivity index (χ0n) is 13.4. The summed E-state index contributed by atoms with van der Waals surface area (Å²) in [4.78, 5) is 16.6. The molecular formula is C18H24N2OS. The van der Waals surface area contributed by atoms with Gasteiger partial charge in [-0.3, -0.25) is 4.79 Å². The minimum Gasteiger partial charge on any atom is -0.356 e. The summed E-state index contributed by atoms with van der Waals surface area (Å²) in [6.07, 6.45) is 5.47. The third-order valence-electron chi connectivity index (χ3n) is 4.70. The second kappa shape index (κ2) is 6.78. The van der Waals surface area contributed by atoms with Crippen LogP contribution in [0.4, 0.5) is 0 Å². The fourth-order valence-electron chi connectivity index (χ4n) is 3.41. The van der Waals surface area contributed by atoms with Crippen LogP contribution >= 0.6 is 11.3 Å². The quantitative estimate of drug-likeness (QED) is 0.844. The van der Waals surface area contributed by atoms with Crippen molar-refractivity contribution in [3.8, 4) is 0 Å². The van der Waals surface area contributed by atoms with Gasteiger partial charge in [-0.05, 0) is 56.2 Å². The van der Waals surface area contributed by atoms with E-state index in [9.17, 15) is 4.79 Å². The molecule has 0 aliphatic heterocycles. The Labute approximate surface area is 136 Å². The molecule has 4 heteroatoms. The van der Waals surface area contributed by atoms with Gasteiger partial charge in [0.1, 0.15) is 0 Å². The Morgan fingerprint density at radius 1 is 1.41 bits per heavy atom. The maximum Gasteiger partial charge on any atom is 0.223 e. The normalized spacial score (nSPS) is 21.4. The van der Waals surface area contributed by atoms with Gasteiger partial charge in [0.25, 0.3) is 0 Å². The number of nitrogens with one attached hydrogen (secondary N) is 1. The lowest BCUT2D eigenvalue weighted by atomic mass is 9.97. The molecule has 1 aromatic heterocycles. The van der Waals surface area contributed by atoms with E-state index in [0.717, 1.165) is 36.3 Å². The molecule has 1 heterocycles. The molecule has 3 rings (SSSR count). The van der Waals surface area contributed by atoms with E-state index in [1.165, 1.54) is 23.1 Å². The zero-order chi connectivity index (χ0) is 15.5. The number of nitrogens with zero attached hydrogens (tertiary/aromatic N) is 1. The van der Waals surface area contributed by atoms with Crippen molar-refractivity contribution < 1.29 is 4.79 Å². The largest absolute Gasteiger partial charge is 0.356 e. The van der Waals surface area contributed by atoms with E-state index in [-0.39, 0.29) is 11.8 Å². The number of carbonyl (C=O) groups is 1. The van der Waals surface area contributed by atoms with Gasteiger partial charge in [-0.1, -0.05) is 19.4 Å². The van der Waals surface area contributed by atoms with Gasteiger partial charge in [0.2, 0.25) is 5.91 Å². The highest BCUT2D eigenvalue weighted by molar-refractivity contribution is 7.18. The summed E-state index contributed by atoms with van der Waals surface area (Å²) >= 11 is 1.75. The standard InChI is InChI=1S/C18H24N2OS/c1-12-5-3-7-15(12)18(21)19-10-4-6-14-8-9-16-17(11-14)22-13(2)20-16/h8-9,11-12,15H,3-7,10H2,1-2H3,(H,19,21). The summed E-state index contributed by atoms with van der Waals surface area (Å²) in [5.74, 6) is 1.06. The number of fused-ring (bicyclic) bond motifs is 1. The fourth-order valence-corrected chi connectivity index (χ4v) is 4.30. The van der Waals surface area contributed by atoms with Gasteiger partial charge in [-0.25, -0.2) is 4.98 Å². The Bertz CT molecular complexity index is 664. The van der Waals surface area contributed by atoms with Crippen molar-refractivity contribution in [3.63, 3.8) is 0 Å². The fraction of sp³-hybridized carbons (Fsp3) is 0.556. The average molecular weight is 316 g/mol. The second-order valence-corrected chi connectivity index (χ2v) is 7.68. The van der Waals surface area contributed by atoms with Crippen LogP contribution < -0.4 is 5.32 Å². The number of aryl methyl sites for hydroxylation is 2. The second-order valence-electron chi connectivity index (χ2n) is 6.44. The minimum atomic E-state index is 0.247. The maximum absolute atomic E-state index is 12.1. The van der Waals surface area contributed by atoms with Gasteiger partial charge in [0.05, 0.1) is 15.2 Å². The molecule has 1 saturated carbocycles. The lowest BCUT2D eigenvalue weighted by molar-refractivity contribution is -0.125. The monoisotopic (exact) mass is 316 g/mol. The van der Waals surface area contributed by atoms with E-state index >= 15 is 0 Å². The maximum atomic E-state index is 12.1. The van der Waals surface area contributed by atoms with Gasteiger partial charge in [0.15, 0.2) is 0 Å². The Kier molecular flexibility index (Phi) is 4.77. The number of hydrogen-bond acceptors (Lipinski definition) is 3. The van der Waals surface area contributed by atoms with Gasteiger partial charge >= 0.3 is 0 Å². The topological polar surface area (TPSA) is 42.0 Å². The van der Waals surface area contributed by atoms with Crippen molar-refractivity contribution in [1.82, 2.24) is 10.3 Å². The average Bonchev–Trinajstić information content (AvgIpc) is 3.07. The molecule has 22 heavy (non-hydrogen) atoms. The number of aromatic nitrogens is 1. The van der Waals surface area contributed by atoms with Crippen molar-refractivity contribution >= 4 is 27.5 Å². The summed E-state index contributed by atoms with van der Waals surface area (Å²) < 4.78 is 1.26. The van der Waals surface area contributed by atoms with E-state index in [1.54, 1.807) is 11.3 Å². The molecule has 0 bridgehead atoms.